The predicted molar refractivity (Wildman–Crippen MR) is 114 cm³/mol. The van der Waals surface area contributed by atoms with Gasteiger partial charge in [-0.05, 0) is 44.7 Å². The van der Waals surface area contributed by atoms with Gasteiger partial charge in [0.2, 0.25) is 0 Å². The molecule has 1 fully saturated rings. The van der Waals surface area contributed by atoms with Crippen LogP contribution in [0.5, 0.6) is 0 Å². The van der Waals surface area contributed by atoms with E-state index in [-0.39, 0.29) is 24.0 Å². The van der Waals surface area contributed by atoms with Crippen LogP contribution in [0.2, 0.25) is 0 Å². The molecule has 0 saturated carbocycles. The maximum Gasteiger partial charge on any atom is 0.191 e. The van der Waals surface area contributed by atoms with E-state index in [9.17, 15) is 0 Å². The number of nitrogens with one attached hydrogen (secondary N) is 2. The van der Waals surface area contributed by atoms with Crippen molar-refractivity contribution in [1.29, 1.82) is 0 Å². The molecule has 0 unspecified atom stereocenters. The molecule has 0 aliphatic carbocycles. The first kappa shape index (κ1) is 22.2. The quantitative estimate of drug-likeness (QED) is 0.371. The molecule has 6 heteroatoms. The lowest BCUT2D eigenvalue weighted by Crippen LogP contribution is -2.40. The minimum absolute atomic E-state index is 0. The first-order valence-corrected chi connectivity index (χ1v) is 8.99. The molecule has 2 N–H and O–H groups in total. The molecule has 1 saturated heterocycles. The molecule has 1 aromatic carbocycles. The molecule has 0 spiro atoms. The van der Waals surface area contributed by atoms with Crippen LogP contribution in [0.1, 0.15) is 44.7 Å². The summed E-state index contributed by atoms with van der Waals surface area (Å²) in [7, 11) is 0. The second kappa shape index (κ2) is 12.5. The predicted octanol–water partition coefficient (Wildman–Crippen LogP) is 3.46. The summed E-state index contributed by atoms with van der Waals surface area (Å²) in [6.07, 6.45) is 2.32. The van der Waals surface area contributed by atoms with E-state index in [1.165, 1.54) is 11.1 Å². The second-order valence-electron chi connectivity index (χ2n) is 6.44. The van der Waals surface area contributed by atoms with E-state index in [0.29, 0.717) is 25.3 Å². The van der Waals surface area contributed by atoms with Crippen LogP contribution in [0.3, 0.4) is 0 Å². The summed E-state index contributed by atoms with van der Waals surface area (Å²) < 4.78 is 11.4. The lowest BCUT2D eigenvalue weighted by Gasteiger charge is -2.22. The monoisotopic (exact) mass is 461 g/mol. The number of benzene rings is 1. The molecule has 1 aliphatic heterocycles. The van der Waals surface area contributed by atoms with Crippen molar-refractivity contribution in [1.82, 2.24) is 10.6 Å². The SMILES string of the molecule is CCNC(=NCc1cccc(COC2CCOCC2)c1)NC(C)C.I. The molecule has 142 valence electrons. The fraction of sp³-hybridized carbons (Fsp3) is 0.632. The van der Waals surface area contributed by atoms with E-state index < -0.39 is 0 Å². The minimum Gasteiger partial charge on any atom is -0.381 e. The van der Waals surface area contributed by atoms with Gasteiger partial charge in [0.05, 0.1) is 19.3 Å². The molecule has 25 heavy (non-hydrogen) atoms. The molecule has 0 radical (unpaired) electrons. The van der Waals surface area contributed by atoms with Crippen molar-refractivity contribution >= 4 is 29.9 Å². The van der Waals surface area contributed by atoms with Crippen molar-refractivity contribution in [3.05, 3.63) is 35.4 Å². The van der Waals surface area contributed by atoms with Crippen LogP contribution in [0.15, 0.2) is 29.3 Å². The number of guanidine groups is 1. The highest BCUT2D eigenvalue weighted by atomic mass is 127. The van der Waals surface area contributed by atoms with Crippen molar-refractivity contribution in [2.45, 2.75) is 58.9 Å². The van der Waals surface area contributed by atoms with Gasteiger partial charge in [0.1, 0.15) is 0 Å². The first-order chi connectivity index (χ1) is 11.7. The van der Waals surface area contributed by atoms with Crippen molar-refractivity contribution in [2.24, 2.45) is 4.99 Å². The van der Waals surface area contributed by atoms with Crippen LogP contribution in [-0.4, -0.2) is 37.9 Å². The average molecular weight is 461 g/mol. The van der Waals surface area contributed by atoms with Crippen LogP contribution in [0, 0.1) is 0 Å². The van der Waals surface area contributed by atoms with Gasteiger partial charge in [0.25, 0.3) is 0 Å². The third kappa shape index (κ3) is 8.87. The van der Waals surface area contributed by atoms with E-state index in [0.717, 1.165) is 38.6 Å². The number of aliphatic imine (C=N–C) groups is 1. The molecular weight excluding hydrogens is 429 g/mol. The van der Waals surface area contributed by atoms with Gasteiger partial charge in [-0.3, -0.25) is 0 Å². The smallest absolute Gasteiger partial charge is 0.191 e. The molecule has 5 nitrogen and oxygen atoms in total. The summed E-state index contributed by atoms with van der Waals surface area (Å²) in [6.45, 7) is 10.1. The van der Waals surface area contributed by atoms with Crippen LogP contribution in [0.4, 0.5) is 0 Å². The maximum atomic E-state index is 6.00. The van der Waals surface area contributed by atoms with Crippen molar-refractivity contribution < 1.29 is 9.47 Å². The molecule has 0 aromatic heterocycles. The van der Waals surface area contributed by atoms with Gasteiger partial charge in [-0.15, -0.1) is 24.0 Å². The summed E-state index contributed by atoms with van der Waals surface area (Å²) in [5.74, 6) is 0.858. The molecular formula is C19H32IN3O2. The Labute approximate surface area is 169 Å². The highest BCUT2D eigenvalue weighted by Gasteiger charge is 2.14. The average Bonchev–Trinajstić information content (AvgIpc) is 2.59. The Kier molecular flexibility index (Phi) is 11.1. The third-order valence-electron chi connectivity index (χ3n) is 3.83. The van der Waals surface area contributed by atoms with E-state index in [1.807, 2.05) is 0 Å². The second-order valence-corrected chi connectivity index (χ2v) is 6.44. The van der Waals surface area contributed by atoms with Crippen LogP contribution in [0.25, 0.3) is 0 Å². The number of nitrogens with zero attached hydrogens (tertiary/aromatic N) is 1. The molecule has 0 atom stereocenters. The summed E-state index contributed by atoms with van der Waals surface area (Å²) >= 11 is 0. The Balaban J connectivity index is 0.00000312. The number of halogens is 1. The lowest BCUT2D eigenvalue weighted by atomic mass is 10.1. The molecule has 2 rings (SSSR count). The van der Waals surface area contributed by atoms with Crippen molar-refractivity contribution in [3.8, 4) is 0 Å². The fourth-order valence-electron chi connectivity index (χ4n) is 2.64. The minimum atomic E-state index is 0. The highest BCUT2D eigenvalue weighted by molar-refractivity contribution is 14.0. The number of ether oxygens (including phenoxy) is 2. The molecule has 1 heterocycles. The Bertz CT molecular complexity index is 517. The van der Waals surface area contributed by atoms with E-state index in [2.05, 4.69) is 60.7 Å². The Morgan fingerprint density at radius 1 is 1.28 bits per heavy atom. The third-order valence-corrected chi connectivity index (χ3v) is 3.83. The van der Waals surface area contributed by atoms with Gasteiger partial charge < -0.3 is 20.1 Å². The van der Waals surface area contributed by atoms with Gasteiger partial charge >= 0.3 is 0 Å². The Morgan fingerprint density at radius 3 is 2.68 bits per heavy atom. The molecule has 0 bridgehead atoms. The summed E-state index contributed by atoms with van der Waals surface area (Å²) in [5, 5.41) is 6.61. The normalized spacial score (nSPS) is 15.8. The van der Waals surface area contributed by atoms with Gasteiger partial charge in [-0.2, -0.15) is 0 Å². The Morgan fingerprint density at radius 2 is 2.00 bits per heavy atom. The molecule has 1 aromatic rings. The topological polar surface area (TPSA) is 54.9 Å². The number of hydrogen-bond donors (Lipinski definition) is 2. The zero-order valence-corrected chi connectivity index (χ0v) is 17.9. The fourth-order valence-corrected chi connectivity index (χ4v) is 2.64. The first-order valence-electron chi connectivity index (χ1n) is 8.99. The standard InChI is InChI=1S/C19H31N3O2.HI/c1-4-20-19(22-15(2)3)21-13-16-6-5-7-17(12-16)14-24-18-8-10-23-11-9-18;/h5-7,12,15,18H,4,8-11,13-14H2,1-3H3,(H2,20,21,22);1H. The van der Waals surface area contributed by atoms with Crippen LogP contribution < -0.4 is 10.6 Å². The summed E-state index contributed by atoms with van der Waals surface area (Å²) in [4.78, 5) is 4.65. The van der Waals surface area contributed by atoms with Crippen molar-refractivity contribution in [2.75, 3.05) is 19.8 Å². The van der Waals surface area contributed by atoms with Gasteiger partial charge in [0, 0.05) is 25.8 Å². The van der Waals surface area contributed by atoms with Crippen molar-refractivity contribution in [3.63, 3.8) is 0 Å². The van der Waals surface area contributed by atoms with E-state index in [4.69, 9.17) is 9.47 Å². The van der Waals surface area contributed by atoms with Gasteiger partial charge in [0.15, 0.2) is 5.96 Å². The van der Waals surface area contributed by atoms with E-state index >= 15 is 0 Å². The van der Waals surface area contributed by atoms with Crippen LogP contribution >= 0.6 is 24.0 Å². The maximum absolute atomic E-state index is 6.00. The molecule has 1 aliphatic rings. The van der Waals surface area contributed by atoms with Gasteiger partial charge in [-0.25, -0.2) is 4.99 Å². The summed E-state index contributed by atoms with van der Waals surface area (Å²) in [5.41, 5.74) is 2.40. The Hall–Kier alpha value is -0.860. The van der Waals surface area contributed by atoms with Crippen LogP contribution in [-0.2, 0) is 22.6 Å². The molecule has 0 amide bonds. The highest BCUT2D eigenvalue weighted by Crippen LogP contribution is 2.14. The number of hydrogen-bond acceptors (Lipinski definition) is 3. The van der Waals surface area contributed by atoms with Gasteiger partial charge in [-0.1, -0.05) is 24.3 Å². The zero-order chi connectivity index (χ0) is 17.2. The van der Waals surface area contributed by atoms with E-state index in [1.54, 1.807) is 0 Å². The lowest BCUT2D eigenvalue weighted by molar-refractivity contribution is -0.0390. The zero-order valence-electron chi connectivity index (χ0n) is 15.6. The largest absolute Gasteiger partial charge is 0.381 e. The summed E-state index contributed by atoms with van der Waals surface area (Å²) in [6, 6.07) is 8.85. The number of rotatable bonds is 7.